The number of hydrogen-bond acceptors (Lipinski definition) is 1. The van der Waals surface area contributed by atoms with Crippen molar-refractivity contribution in [2.24, 2.45) is 0 Å². The van der Waals surface area contributed by atoms with E-state index in [0.717, 1.165) is 18.7 Å². The Morgan fingerprint density at radius 3 is 2.60 bits per heavy atom. The van der Waals surface area contributed by atoms with Crippen molar-refractivity contribution in [3.63, 3.8) is 0 Å². The molecule has 1 heterocycles. The first-order valence-electron chi connectivity index (χ1n) is 5.57. The molecule has 0 spiro atoms. The molecule has 82 valence electrons. The Bertz CT molecular complexity index is 358. The molecule has 2 nitrogen and oxygen atoms in total. The lowest BCUT2D eigenvalue weighted by atomic mass is 10.1. The van der Waals surface area contributed by atoms with E-state index < -0.39 is 0 Å². The third-order valence-electron chi connectivity index (χ3n) is 2.64. The lowest BCUT2D eigenvalue weighted by Gasteiger charge is -2.14. The fourth-order valence-electron chi connectivity index (χ4n) is 1.94. The van der Waals surface area contributed by atoms with Gasteiger partial charge in [-0.1, -0.05) is 26.0 Å². The second-order valence-electron chi connectivity index (χ2n) is 3.49. The van der Waals surface area contributed by atoms with Gasteiger partial charge in [0.25, 0.3) is 0 Å². The molecule has 1 aromatic rings. The largest absolute Gasteiger partial charge is 0.312 e. The van der Waals surface area contributed by atoms with E-state index >= 15 is 0 Å². The summed E-state index contributed by atoms with van der Waals surface area (Å²) in [6.07, 6.45) is 1.00. The Morgan fingerprint density at radius 2 is 2.00 bits per heavy atom. The predicted octanol–water partition coefficient (Wildman–Crippen LogP) is 2.93. The molecule has 15 heavy (non-hydrogen) atoms. The number of fused-ring (bicyclic) bond motifs is 1. The van der Waals surface area contributed by atoms with Crippen molar-refractivity contribution in [2.45, 2.75) is 34.1 Å². The van der Waals surface area contributed by atoms with Crippen molar-refractivity contribution in [1.29, 1.82) is 0 Å². The van der Waals surface area contributed by atoms with Gasteiger partial charge in [-0.2, -0.15) is 0 Å². The maximum atomic E-state index is 11.2. The summed E-state index contributed by atoms with van der Waals surface area (Å²) in [6, 6.07) is 6.13. The van der Waals surface area contributed by atoms with E-state index in [1.807, 2.05) is 30.9 Å². The van der Waals surface area contributed by atoms with Crippen molar-refractivity contribution < 1.29 is 4.79 Å². The van der Waals surface area contributed by atoms with Crippen LogP contribution in [0.25, 0.3) is 0 Å². The zero-order chi connectivity index (χ0) is 11.4. The van der Waals surface area contributed by atoms with Crippen LogP contribution in [0.1, 0.15) is 31.9 Å². The van der Waals surface area contributed by atoms with E-state index in [2.05, 4.69) is 13.0 Å². The number of benzene rings is 1. The van der Waals surface area contributed by atoms with E-state index in [1.165, 1.54) is 11.1 Å². The number of hydrogen-bond donors (Lipinski definition) is 0. The van der Waals surface area contributed by atoms with Gasteiger partial charge >= 0.3 is 0 Å². The van der Waals surface area contributed by atoms with Crippen LogP contribution in [0.4, 0.5) is 5.69 Å². The van der Waals surface area contributed by atoms with Gasteiger partial charge in [0.15, 0.2) is 0 Å². The van der Waals surface area contributed by atoms with Crippen molar-refractivity contribution in [2.75, 3.05) is 11.4 Å². The molecular formula is C13H19NO. The van der Waals surface area contributed by atoms with Crippen molar-refractivity contribution in [1.82, 2.24) is 0 Å². The smallest absolute Gasteiger partial charge is 0.223 e. The Kier molecular flexibility index (Phi) is 3.89. The van der Waals surface area contributed by atoms with Gasteiger partial charge in [-0.25, -0.2) is 0 Å². The van der Waals surface area contributed by atoms with Gasteiger partial charge < -0.3 is 4.90 Å². The number of aryl methyl sites for hydroxylation is 1. The highest BCUT2D eigenvalue weighted by molar-refractivity contribution is 5.93. The van der Waals surface area contributed by atoms with Gasteiger partial charge in [0, 0.05) is 19.2 Å². The van der Waals surface area contributed by atoms with Crippen LogP contribution in [0, 0.1) is 6.92 Å². The van der Waals surface area contributed by atoms with Crippen molar-refractivity contribution >= 4 is 11.6 Å². The number of anilines is 1. The molecule has 0 atom stereocenters. The molecule has 0 bridgehead atoms. The zero-order valence-corrected chi connectivity index (χ0v) is 10.0. The van der Waals surface area contributed by atoms with Gasteiger partial charge in [-0.15, -0.1) is 0 Å². The maximum Gasteiger partial charge on any atom is 0.223 e. The lowest BCUT2D eigenvalue weighted by Crippen LogP contribution is -2.25. The van der Waals surface area contributed by atoms with E-state index in [1.54, 1.807) is 6.92 Å². The predicted molar refractivity (Wildman–Crippen MR) is 64.3 cm³/mol. The highest BCUT2D eigenvalue weighted by Crippen LogP contribution is 2.29. The monoisotopic (exact) mass is 205 g/mol. The average Bonchev–Trinajstić information content (AvgIpc) is 2.66. The second kappa shape index (κ2) is 4.96. The third kappa shape index (κ3) is 2.20. The summed E-state index contributed by atoms with van der Waals surface area (Å²) in [4.78, 5) is 13.1. The van der Waals surface area contributed by atoms with Crippen LogP contribution < -0.4 is 4.90 Å². The second-order valence-corrected chi connectivity index (χ2v) is 3.49. The van der Waals surface area contributed by atoms with Crippen LogP contribution in [0.3, 0.4) is 0 Å². The summed E-state index contributed by atoms with van der Waals surface area (Å²) < 4.78 is 0. The molecule has 1 amide bonds. The number of rotatable bonds is 0. The van der Waals surface area contributed by atoms with Crippen LogP contribution in [0.2, 0.25) is 0 Å². The summed E-state index contributed by atoms with van der Waals surface area (Å²) in [5.41, 5.74) is 3.73. The first-order chi connectivity index (χ1) is 7.20. The maximum absolute atomic E-state index is 11.2. The molecule has 0 saturated heterocycles. The lowest BCUT2D eigenvalue weighted by molar-refractivity contribution is -0.116. The van der Waals surface area contributed by atoms with Crippen LogP contribution in [0.5, 0.6) is 0 Å². The molecule has 2 heteroatoms. The van der Waals surface area contributed by atoms with E-state index in [9.17, 15) is 4.79 Å². The Morgan fingerprint density at radius 1 is 1.33 bits per heavy atom. The third-order valence-corrected chi connectivity index (χ3v) is 2.64. The first-order valence-corrected chi connectivity index (χ1v) is 5.57. The molecule has 1 aromatic carbocycles. The van der Waals surface area contributed by atoms with Crippen LogP contribution in [-0.4, -0.2) is 12.5 Å². The van der Waals surface area contributed by atoms with E-state index in [0.29, 0.717) is 0 Å². The number of nitrogens with zero attached hydrogens (tertiary/aromatic N) is 1. The summed E-state index contributed by atoms with van der Waals surface area (Å²) in [6.45, 7) is 8.56. The molecule has 0 aliphatic carbocycles. The quantitative estimate of drug-likeness (QED) is 0.637. The topological polar surface area (TPSA) is 20.3 Å². The molecule has 0 fully saturated rings. The summed E-state index contributed by atoms with van der Waals surface area (Å²) in [5, 5.41) is 0. The molecule has 2 rings (SSSR count). The van der Waals surface area contributed by atoms with Crippen molar-refractivity contribution in [3.8, 4) is 0 Å². The normalized spacial score (nSPS) is 12.9. The molecule has 0 radical (unpaired) electrons. The van der Waals surface area contributed by atoms with Crippen LogP contribution in [0.15, 0.2) is 18.2 Å². The van der Waals surface area contributed by atoms with E-state index in [-0.39, 0.29) is 5.91 Å². The number of carbonyl (C=O) groups is 1. The number of amides is 1. The average molecular weight is 205 g/mol. The molecule has 0 saturated carbocycles. The van der Waals surface area contributed by atoms with Gasteiger partial charge in [-0.3, -0.25) is 4.79 Å². The minimum atomic E-state index is 0.143. The molecule has 0 unspecified atom stereocenters. The summed E-state index contributed by atoms with van der Waals surface area (Å²) in [5.74, 6) is 0.143. The molecule has 0 aromatic heterocycles. The minimum Gasteiger partial charge on any atom is -0.312 e. The van der Waals surface area contributed by atoms with Crippen LogP contribution in [-0.2, 0) is 11.2 Å². The SMILES string of the molecule is CC.CC(=O)N1CCc2c(C)cccc21. The fourth-order valence-corrected chi connectivity index (χ4v) is 1.94. The fraction of sp³-hybridized carbons (Fsp3) is 0.462. The molecule has 0 N–H and O–H groups in total. The van der Waals surface area contributed by atoms with Crippen molar-refractivity contribution in [3.05, 3.63) is 29.3 Å². The summed E-state index contributed by atoms with van der Waals surface area (Å²) in [7, 11) is 0. The first kappa shape index (κ1) is 11.8. The Balaban J connectivity index is 0.000000531. The number of carbonyl (C=O) groups excluding carboxylic acids is 1. The van der Waals surface area contributed by atoms with Gasteiger partial charge in [0.1, 0.15) is 0 Å². The molecular weight excluding hydrogens is 186 g/mol. The highest BCUT2D eigenvalue weighted by atomic mass is 16.2. The minimum absolute atomic E-state index is 0.143. The highest BCUT2D eigenvalue weighted by Gasteiger charge is 2.22. The Labute approximate surface area is 91.9 Å². The standard InChI is InChI=1S/C11H13NO.C2H6/c1-8-4-3-5-11-10(8)6-7-12(11)9(2)13;1-2/h3-5H,6-7H2,1-2H3;1-2H3. The Hall–Kier alpha value is -1.31. The molecule has 1 aliphatic rings. The zero-order valence-electron chi connectivity index (χ0n) is 10.0. The molecule has 1 aliphatic heterocycles. The van der Waals surface area contributed by atoms with Gasteiger partial charge in [-0.05, 0) is 30.5 Å². The van der Waals surface area contributed by atoms with Gasteiger partial charge in [0.05, 0.1) is 0 Å². The summed E-state index contributed by atoms with van der Waals surface area (Å²) >= 11 is 0. The van der Waals surface area contributed by atoms with Crippen LogP contribution >= 0.6 is 0 Å². The van der Waals surface area contributed by atoms with Gasteiger partial charge in [0.2, 0.25) is 5.91 Å². The van der Waals surface area contributed by atoms with E-state index in [4.69, 9.17) is 0 Å².